The molecule has 0 radical (unpaired) electrons. The number of fused-ring (bicyclic) bond motifs is 1. The molecule has 0 saturated carbocycles. The van der Waals surface area contributed by atoms with Gasteiger partial charge in [0.05, 0.1) is 5.39 Å². The van der Waals surface area contributed by atoms with Crippen molar-refractivity contribution in [1.82, 2.24) is 9.97 Å². The molecule has 0 aliphatic carbocycles. The van der Waals surface area contributed by atoms with E-state index in [1.807, 2.05) is 5.38 Å². The molecule has 2 rings (SSSR count). The van der Waals surface area contributed by atoms with Crippen LogP contribution in [0.25, 0.3) is 10.2 Å². The van der Waals surface area contributed by atoms with Gasteiger partial charge in [0.2, 0.25) is 0 Å². The molecular weight excluding hydrogens is 288 g/mol. The smallest absolute Gasteiger partial charge is 0.303 e. The lowest BCUT2D eigenvalue weighted by Crippen LogP contribution is -2.17. The van der Waals surface area contributed by atoms with E-state index in [4.69, 9.17) is 5.11 Å². The molecule has 5 nitrogen and oxygen atoms in total. The summed E-state index contributed by atoms with van der Waals surface area (Å²) in [6, 6.07) is 0. The van der Waals surface area contributed by atoms with Gasteiger partial charge in [-0.25, -0.2) is 4.98 Å². The first kappa shape index (κ1) is 15.7. The van der Waals surface area contributed by atoms with Crippen molar-refractivity contribution in [2.45, 2.75) is 51.9 Å². The number of carboxylic acids is 1. The summed E-state index contributed by atoms with van der Waals surface area (Å²) < 4.78 is 0. The Morgan fingerprint density at radius 3 is 2.71 bits per heavy atom. The van der Waals surface area contributed by atoms with Crippen LogP contribution in [0.1, 0.15) is 51.4 Å². The first-order valence-corrected chi connectivity index (χ1v) is 7.89. The molecule has 0 amide bonds. The van der Waals surface area contributed by atoms with Gasteiger partial charge >= 0.3 is 5.97 Å². The summed E-state index contributed by atoms with van der Waals surface area (Å²) in [5.41, 5.74) is 0.837. The van der Waals surface area contributed by atoms with Gasteiger partial charge in [-0.05, 0) is 29.2 Å². The standard InChI is InChI=1S/C15H20N2O3S/c1-15(2,3)9-8-21-14-12(9)13(20)16-10(17-14)6-4-5-7-11(18)19/h8H,4-7H2,1-3H3,(H,18,19)(H,16,17,20). The summed E-state index contributed by atoms with van der Waals surface area (Å²) in [5.74, 6) is -0.153. The molecular formula is C15H20N2O3S. The number of H-pyrrole nitrogens is 1. The maximum absolute atomic E-state index is 12.3. The number of aryl methyl sites for hydroxylation is 1. The second-order valence-electron chi connectivity index (χ2n) is 6.19. The van der Waals surface area contributed by atoms with Crippen molar-refractivity contribution in [3.05, 3.63) is 27.1 Å². The average Bonchev–Trinajstić information content (AvgIpc) is 2.78. The normalized spacial score (nSPS) is 12.0. The Balaban J connectivity index is 2.22. The maximum atomic E-state index is 12.3. The van der Waals surface area contributed by atoms with Crippen molar-refractivity contribution in [3.8, 4) is 0 Å². The van der Waals surface area contributed by atoms with Gasteiger partial charge in [-0.1, -0.05) is 20.8 Å². The summed E-state index contributed by atoms with van der Waals surface area (Å²) in [5, 5.41) is 11.3. The van der Waals surface area contributed by atoms with Crippen LogP contribution in [0.5, 0.6) is 0 Å². The van der Waals surface area contributed by atoms with E-state index < -0.39 is 5.97 Å². The molecule has 0 atom stereocenters. The van der Waals surface area contributed by atoms with Gasteiger partial charge in [-0.2, -0.15) is 0 Å². The van der Waals surface area contributed by atoms with Crippen LogP contribution >= 0.6 is 11.3 Å². The molecule has 0 aliphatic rings. The topological polar surface area (TPSA) is 83.0 Å². The fraction of sp³-hybridized carbons (Fsp3) is 0.533. The fourth-order valence-corrected chi connectivity index (χ4v) is 3.42. The zero-order valence-electron chi connectivity index (χ0n) is 12.5. The van der Waals surface area contributed by atoms with Crippen LogP contribution in [0, 0.1) is 0 Å². The largest absolute Gasteiger partial charge is 0.481 e. The Kier molecular flexibility index (Phi) is 4.46. The van der Waals surface area contributed by atoms with Crippen molar-refractivity contribution in [2.75, 3.05) is 0 Å². The molecule has 0 aliphatic heterocycles. The van der Waals surface area contributed by atoms with E-state index >= 15 is 0 Å². The van der Waals surface area contributed by atoms with Crippen LogP contribution in [-0.4, -0.2) is 21.0 Å². The number of thiophene rings is 1. The van der Waals surface area contributed by atoms with Gasteiger partial charge < -0.3 is 10.1 Å². The van der Waals surface area contributed by atoms with E-state index in [0.29, 0.717) is 30.5 Å². The lowest BCUT2D eigenvalue weighted by molar-refractivity contribution is -0.137. The molecule has 0 unspecified atom stereocenters. The zero-order valence-corrected chi connectivity index (χ0v) is 13.3. The third-order valence-electron chi connectivity index (χ3n) is 3.36. The van der Waals surface area contributed by atoms with E-state index in [0.717, 1.165) is 10.4 Å². The molecule has 0 bridgehead atoms. The van der Waals surface area contributed by atoms with E-state index in [-0.39, 0.29) is 17.4 Å². The van der Waals surface area contributed by atoms with Crippen LogP contribution in [0.15, 0.2) is 10.2 Å². The predicted molar refractivity (Wildman–Crippen MR) is 84.1 cm³/mol. The van der Waals surface area contributed by atoms with E-state index in [9.17, 15) is 9.59 Å². The Hall–Kier alpha value is -1.69. The van der Waals surface area contributed by atoms with Gasteiger partial charge in [-0.15, -0.1) is 11.3 Å². The number of unbranched alkanes of at least 4 members (excludes halogenated alkanes) is 1. The summed E-state index contributed by atoms with van der Waals surface area (Å²) in [7, 11) is 0. The molecule has 2 heterocycles. The SMILES string of the molecule is CC(C)(C)c1csc2nc(CCCCC(=O)O)[nH]c(=O)c12. The second-order valence-corrected chi connectivity index (χ2v) is 7.05. The highest BCUT2D eigenvalue weighted by molar-refractivity contribution is 7.16. The first-order valence-electron chi connectivity index (χ1n) is 7.01. The van der Waals surface area contributed by atoms with Gasteiger partial charge in [0.15, 0.2) is 0 Å². The van der Waals surface area contributed by atoms with Crippen LogP contribution in [-0.2, 0) is 16.6 Å². The summed E-state index contributed by atoms with van der Waals surface area (Å²) in [4.78, 5) is 30.8. The van der Waals surface area contributed by atoms with E-state index in [2.05, 4.69) is 30.7 Å². The van der Waals surface area contributed by atoms with Crippen LogP contribution < -0.4 is 5.56 Å². The molecule has 2 aromatic rings. The van der Waals surface area contributed by atoms with Gasteiger partial charge in [0.1, 0.15) is 10.7 Å². The number of rotatable bonds is 5. The van der Waals surface area contributed by atoms with Crippen LogP contribution in [0.4, 0.5) is 0 Å². The number of carbonyl (C=O) groups is 1. The first-order chi connectivity index (χ1) is 9.79. The van der Waals surface area contributed by atoms with Crippen LogP contribution in [0.3, 0.4) is 0 Å². The van der Waals surface area contributed by atoms with Crippen molar-refractivity contribution in [2.24, 2.45) is 0 Å². The molecule has 2 N–H and O–H groups in total. The lowest BCUT2D eigenvalue weighted by Gasteiger charge is -2.16. The number of aliphatic carboxylic acids is 1. The third kappa shape index (κ3) is 3.69. The highest BCUT2D eigenvalue weighted by Gasteiger charge is 2.21. The number of nitrogens with one attached hydrogen (secondary N) is 1. The number of nitrogens with zero attached hydrogens (tertiary/aromatic N) is 1. The Bertz CT molecular complexity index is 710. The minimum atomic E-state index is -0.792. The third-order valence-corrected chi connectivity index (χ3v) is 4.23. The highest BCUT2D eigenvalue weighted by atomic mass is 32.1. The van der Waals surface area contributed by atoms with Gasteiger partial charge in [0, 0.05) is 12.8 Å². The van der Waals surface area contributed by atoms with Gasteiger partial charge in [-0.3, -0.25) is 9.59 Å². The summed E-state index contributed by atoms with van der Waals surface area (Å²) in [6.45, 7) is 6.23. The van der Waals surface area contributed by atoms with Crippen LogP contribution in [0.2, 0.25) is 0 Å². The average molecular weight is 308 g/mol. The second kappa shape index (κ2) is 5.97. The summed E-state index contributed by atoms with van der Waals surface area (Å²) in [6.07, 6.45) is 2.05. The number of aromatic nitrogens is 2. The Labute approximate surface area is 127 Å². The van der Waals surface area contributed by atoms with Crippen molar-refractivity contribution >= 4 is 27.5 Å². The zero-order chi connectivity index (χ0) is 15.6. The lowest BCUT2D eigenvalue weighted by atomic mass is 9.87. The van der Waals surface area contributed by atoms with Crippen molar-refractivity contribution < 1.29 is 9.90 Å². The van der Waals surface area contributed by atoms with E-state index in [1.54, 1.807) is 0 Å². The molecule has 0 spiro atoms. The monoisotopic (exact) mass is 308 g/mol. The Morgan fingerprint density at radius 2 is 2.10 bits per heavy atom. The highest BCUT2D eigenvalue weighted by Crippen LogP contribution is 2.31. The van der Waals surface area contributed by atoms with Gasteiger partial charge in [0.25, 0.3) is 5.56 Å². The number of aromatic amines is 1. The number of hydrogen-bond acceptors (Lipinski definition) is 4. The fourth-order valence-electron chi connectivity index (χ4n) is 2.23. The molecule has 0 fully saturated rings. The number of hydrogen-bond donors (Lipinski definition) is 2. The Morgan fingerprint density at radius 1 is 1.38 bits per heavy atom. The van der Waals surface area contributed by atoms with E-state index in [1.165, 1.54) is 11.3 Å². The summed E-state index contributed by atoms with van der Waals surface area (Å²) >= 11 is 1.49. The molecule has 6 heteroatoms. The molecule has 2 aromatic heterocycles. The molecule has 21 heavy (non-hydrogen) atoms. The molecule has 0 aromatic carbocycles. The minimum absolute atomic E-state index is 0.0874. The van der Waals surface area contributed by atoms with Crippen molar-refractivity contribution in [3.63, 3.8) is 0 Å². The van der Waals surface area contributed by atoms with Crippen molar-refractivity contribution in [1.29, 1.82) is 0 Å². The quantitative estimate of drug-likeness (QED) is 0.831. The molecule has 0 saturated heterocycles. The number of carboxylic acid groups (broad SMARTS) is 1. The molecule has 114 valence electrons. The maximum Gasteiger partial charge on any atom is 0.303 e. The minimum Gasteiger partial charge on any atom is -0.481 e. The predicted octanol–water partition coefficient (Wildman–Crippen LogP) is 3.08.